The van der Waals surface area contributed by atoms with Gasteiger partial charge >= 0.3 is 0 Å². The lowest BCUT2D eigenvalue weighted by Gasteiger charge is -2.03. The van der Waals surface area contributed by atoms with Crippen LogP contribution in [-0.2, 0) is 7.05 Å². The van der Waals surface area contributed by atoms with E-state index in [1.807, 2.05) is 30.7 Å². The Kier molecular flexibility index (Phi) is 2.92. The van der Waals surface area contributed by atoms with Crippen LogP contribution in [0.1, 0.15) is 11.4 Å². The van der Waals surface area contributed by atoms with Crippen LogP contribution in [-0.4, -0.2) is 14.5 Å². The Hall–Kier alpha value is -1.42. The molecule has 0 saturated carbocycles. The monoisotopic (exact) mass is 324 g/mol. The smallest absolute Gasteiger partial charge is 0.172 e. The number of aryl methyl sites for hydroxylation is 1. The summed E-state index contributed by atoms with van der Waals surface area (Å²) < 4.78 is 2.69. The van der Waals surface area contributed by atoms with Crippen molar-refractivity contribution in [2.75, 3.05) is 0 Å². The molecule has 2 heterocycles. The Morgan fingerprint density at radius 3 is 2.75 bits per heavy atom. The third-order valence-electron chi connectivity index (χ3n) is 2.33. The second kappa shape index (κ2) is 4.22. The molecule has 0 aliphatic heterocycles. The lowest BCUT2D eigenvalue weighted by atomic mass is 10.1. The second-order valence-corrected chi connectivity index (χ2v) is 4.40. The maximum Gasteiger partial charge on any atom is 0.172 e. The van der Waals surface area contributed by atoms with E-state index in [9.17, 15) is 0 Å². The number of aromatic nitrogens is 3. The van der Waals surface area contributed by atoms with Crippen molar-refractivity contribution in [3.8, 4) is 17.3 Å². The summed E-state index contributed by atoms with van der Waals surface area (Å²) >= 11 is 2.11. The molecule has 2 aromatic heterocycles. The molecular weight excluding hydrogens is 315 g/mol. The van der Waals surface area contributed by atoms with Crippen LogP contribution in [0.25, 0.3) is 11.3 Å². The van der Waals surface area contributed by atoms with E-state index in [0.717, 1.165) is 20.8 Å². The summed E-state index contributed by atoms with van der Waals surface area (Å²) in [6.45, 7) is 1.93. The van der Waals surface area contributed by atoms with Crippen molar-refractivity contribution in [1.29, 1.82) is 5.26 Å². The molecule has 2 aromatic rings. The molecule has 0 saturated heterocycles. The maximum atomic E-state index is 9.02. The van der Waals surface area contributed by atoms with Crippen molar-refractivity contribution in [2.45, 2.75) is 6.92 Å². The molecule has 5 heteroatoms. The minimum Gasteiger partial charge on any atom is -0.321 e. The molecule has 0 aromatic carbocycles. The highest BCUT2D eigenvalue weighted by atomic mass is 127. The van der Waals surface area contributed by atoms with Crippen LogP contribution in [0.2, 0.25) is 0 Å². The van der Waals surface area contributed by atoms with Gasteiger partial charge in [-0.1, -0.05) is 0 Å². The van der Waals surface area contributed by atoms with Crippen LogP contribution in [0, 0.1) is 22.1 Å². The lowest BCUT2D eigenvalue weighted by molar-refractivity contribution is 0.884. The average Bonchev–Trinajstić information content (AvgIpc) is 2.57. The Morgan fingerprint density at radius 1 is 1.44 bits per heavy atom. The standard InChI is InChI=1S/C11H9IN4/c1-7-3-4-8(6-14-7)10-9(5-13)15-11(12)16(10)2/h3-4,6H,1-2H3. The summed E-state index contributed by atoms with van der Waals surface area (Å²) in [5, 5.41) is 9.02. The number of halogens is 1. The topological polar surface area (TPSA) is 54.5 Å². The normalized spacial score (nSPS) is 10.1. The fourth-order valence-electron chi connectivity index (χ4n) is 1.49. The number of rotatable bonds is 1. The van der Waals surface area contributed by atoms with Gasteiger partial charge < -0.3 is 4.57 Å². The molecule has 0 aliphatic carbocycles. The summed E-state index contributed by atoms with van der Waals surface area (Å²) in [4.78, 5) is 8.42. The minimum absolute atomic E-state index is 0.442. The Bertz CT molecular complexity index is 563. The molecule has 0 aliphatic rings. The SMILES string of the molecule is Cc1ccc(-c2c(C#N)nc(I)n2C)cn1. The lowest BCUT2D eigenvalue weighted by Crippen LogP contribution is -1.95. The molecule has 0 amide bonds. The van der Waals surface area contributed by atoms with Crippen molar-refractivity contribution < 1.29 is 0 Å². The van der Waals surface area contributed by atoms with Gasteiger partial charge in [0.15, 0.2) is 9.53 Å². The van der Waals surface area contributed by atoms with Crippen LogP contribution in [0.5, 0.6) is 0 Å². The van der Waals surface area contributed by atoms with Crippen molar-refractivity contribution >= 4 is 22.6 Å². The highest BCUT2D eigenvalue weighted by molar-refractivity contribution is 14.1. The molecule has 2 rings (SSSR count). The highest BCUT2D eigenvalue weighted by Crippen LogP contribution is 2.24. The number of pyridine rings is 1. The first kappa shape index (κ1) is 11.1. The predicted molar refractivity (Wildman–Crippen MR) is 68.6 cm³/mol. The van der Waals surface area contributed by atoms with Gasteiger partial charge in [0, 0.05) is 24.5 Å². The highest BCUT2D eigenvalue weighted by Gasteiger charge is 2.14. The third kappa shape index (κ3) is 1.80. The van der Waals surface area contributed by atoms with Gasteiger partial charge in [0.1, 0.15) is 6.07 Å². The van der Waals surface area contributed by atoms with E-state index in [1.54, 1.807) is 6.20 Å². The van der Waals surface area contributed by atoms with Gasteiger partial charge in [-0.15, -0.1) is 0 Å². The number of imidazole rings is 1. The molecule has 0 spiro atoms. The van der Waals surface area contributed by atoms with Gasteiger partial charge in [0.2, 0.25) is 0 Å². The summed E-state index contributed by atoms with van der Waals surface area (Å²) in [7, 11) is 1.89. The van der Waals surface area contributed by atoms with Crippen molar-refractivity contribution in [3.05, 3.63) is 33.5 Å². The third-order valence-corrected chi connectivity index (χ3v) is 3.30. The van der Waals surface area contributed by atoms with Crippen molar-refractivity contribution in [3.63, 3.8) is 0 Å². The molecule has 4 nitrogen and oxygen atoms in total. The zero-order valence-corrected chi connectivity index (χ0v) is 11.1. The van der Waals surface area contributed by atoms with Gasteiger partial charge in [-0.2, -0.15) is 5.26 Å². The number of hydrogen-bond acceptors (Lipinski definition) is 3. The Balaban J connectivity index is 2.64. The molecule has 0 unspecified atom stereocenters. The van der Waals surface area contributed by atoms with Gasteiger partial charge in [0.25, 0.3) is 0 Å². The van der Waals surface area contributed by atoms with Crippen LogP contribution < -0.4 is 0 Å². The fourth-order valence-corrected chi connectivity index (χ4v) is 1.97. The van der Waals surface area contributed by atoms with E-state index in [0.29, 0.717) is 5.69 Å². The van der Waals surface area contributed by atoms with Crippen LogP contribution in [0.3, 0.4) is 0 Å². The fraction of sp³-hybridized carbons (Fsp3) is 0.182. The first-order valence-electron chi connectivity index (χ1n) is 4.69. The maximum absolute atomic E-state index is 9.02. The van der Waals surface area contributed by atoms with Gasteiger partial charge in [-0.3, -0.25) is 4.98 Å². The number of hydrogen-bond donors (Lipinski definition) is 0. The molecule has 80 valence electrons. The first-order chi connectivity index (χ1) is 7.63. The molecule has 0 N–H and O–H groups in total. The zero-order chi connectivity index (χ0) is 11.7. The van der Waals surface area contributed by atoms with E-state index in [4.69, 9.17) is 5.26 Å². The summed E-state index contributed by atoms with van der Waals surface area (Å²) in [6, 6.07) is 5.99. The number of nitriles is 1. The average molecular weight is 324 g/mol. The van der Waals surface area contributed by atoms with E-state index >= 15 is 0 Å². The first-order valence-corrected chi connectivity index (χ1v) is 5.76. The van der Waals surface area contributed by atoms with Crippen LogP contribution >= 0.6 is 22.6 Å². The summed E-state index contributed by atoms with van der Waals surface area (Å²) in [5.74, 6) is 0. The quantitative estimate of drug-likeness (QED) is 0.756. The number of nitrogens with zero attached hydrogens (tertiary/aromatic N) is 4. The van der Waals surface area contributed by atoms with E-state index in [1.165, 1.54) is 0 Å². The van der Waals surface area contributed by atoms with Crippen LogP contribution in [0.15, 0.2) is 18.3 Å². The Morgan fingerprint density at radius 2 is 2.19 bits per heavy atom. The van der Waals surface area contributed by atoms with E-state index < -0.39 is 0 Å². The largest absolute Gasteiger partial charge is 0.321 e. The minimum atomic E-state index is 0.442. The zero-order valence-electron chi connectivity index (χ0n) is 8.90. The molecular formula is C11H9IN4. The molecule has 0 atom stereocenters. The molecule has 0 radical (unpaired) electrons. The van der Waals surface area contributed by atoms with Gasteiger partial charge in [-0.05, 0) is 41.6 Å². The van der Waals surface area contributed by atoms with E-state index in [-0.39, 0.29) is 0 Å². The molecule has 0 bridgehead atoms. The van der Waals surface area contributed by atoms with Crippen molar-refractivity contribution in [1.82, 2.24) is 14.5 Å². The van der Waals surface area contributed by atoms with E-state index in [2.05, 4.69) is 38.6 Å². The predicted octanol–water partition coefficient (Wildman–Crippen LogP) is 2.27. The Labute approximate surface area is 107 Å². The van der Waals surface area contributed by atoms with Crippen molar-refractivity contribution in [2.24, 2.45) is 7.05 Å². The van der Waals surface area contributed by atoms with Crippen LogP contribution in [0.4, 0.5) is 0 Å². The second-order valence-electron chi connectivity index (χ2n) is 3.44. The molecule has 16 heavy (non-hydrogen) atoms. The molecule has 0 fully saturated rings. The summed E-state index contributed by atoms with van der Waals surface area (Å²) in [5.41, 5.74) is 3.14. The van der Waals surface area contributed by atoms with Gasteiger partial charge in [-0.25, -0.2) is 4.98 Å². The summed E-state index contributed by atoms with van der Waals surface area (Å²) in [6.07, 6.45) is 1.77. The van der Waals surface area contributed by atoms with Gasteiger partial charge in [0.05, 0.1) is 5.69 Å².